The highest BCUT2D eigenvalue weighted by atomic mass is 35.5. The number of aromatic nitrogens is 3. The summed E-state index contributed by atoms with van der Waals surface area (Å²) in [5.74, 6) is -0.0444. The Hall–Kier alpha value is -1.92. The first kappa shape index (κ1) is 15.0. The molecule has 0 aliphatic heterocycles. The van der Waals surface area contributed by atoms with Crippen LogP contribution in [0.25, 0.3) is 10.9 Å². The minimum atomic E-state index is -0.0444. The van der Waals surface area contributed by atoms with Crippen LogP contribution in [0.2, 0.25) is 5.02 Å². The molecule has 0 aliphatic rings. The van der Waals surface area contributed by atoms with Gasteiger partial charge in [-0.3, -0.25) is 9.48 Å². The zero-order valence-electron chi connectivity index (χ0n) is 12.3. The zero-order valence-corrected chi connectivity index (χ0v) is 13.8. The number of fused-ring (bicyclic) bond motifs is 1. The number of anilines is 1. The summed E-state index contributed by atoms with van der Waals surface area (Å²) < 4.78 is 6.02. The highest BCUT2D eigenvalue weighted by Crippen LogP contribution is 2.24. The molecule has 0 unspecified atom stereocenters. The average molecular weight is 335 g/mol. The maximum absolute atomic E-state index is 12.1. The second kappa shape index (κ2) is 6.06. The standard InChI is InChI=1S/C15H15ClN4OS/c1-9-15(10(2)22-19-9)18-14(21)6-7-20-13-5-3-4-12(16)11(13)8-17-20/h3-5,8H,6-7H2,1-2H3,(H,18,21). The second-order valence-electron chi connectivity index (χ2n) is 5.04. The van der Waals surface area contributed by atoms with Crippen LogP contribution in [0.3, 0.4) is 0 Å². The van der Waals surface area contributed by atoms with Crippen molar-refractivity contribution in [2.45, 2.75) is 26.8 Å². The van der Waals surface area contributed by atoms with Gasteiger partial charge in [-0.05, 0) is 37.5 Å². The summed E-state index contributed by atoms with van der Waals surface area (Å²) in [7, 11) is 0. The van der Waals surface area contributed by atoms with Gasteiger partial charge in [0.15, 0.2) is 0 Å². The van der Waals surface area contributed by atoms with Gasteiger partial charge in [0.2, 0.25) is 5.91 Å². The Balaban J connectivity index is 1.69. The van der Waals surface area contributed by atoms with Crippen molar-refractivity contribution in [3.8, 4) is 0 Å². The van der Waals surface area contributed by atoms with Crippen molar-refractivity contribution in [1.29, 1.82) is 0 Å². The van der Waals surface area contributed by atoms with Crippen LogP contribution in [-0.4, -0.2) is 20.1 Å². The summed E-state index contributed by atoms with van der Waals surface area (Å²) in [6.45, 7) is 4.34. The molecule has 1 amide bonds. The van der Waals surface area contributed by atoms with E-state index in [1.807, 2.05) is 32.0 Å². The van der Waals surface area contributed by atoms with Crippen molar-refractivity contribution in [1.82, 2.24) is 14.2 Å². The molecule has 0 spiro atoms. The van der Waals surface area contributed by atoms with E-state index in [9.17, 15) is 4.79 Å². The molecule has 5 nitrogen and oxygen atoms in total. The number of hydrogen-bond acceptors (Lipinski definition) is 4. The zero-order chi connectivity index (χ0) is 15.7. The highest BCUT2D eigenvalue weighted by molar-refractivity contribution is 7.06. The van der Waals surface area contributed by atoms with Gasteiger partial charge in [0.05, 0.1) is 34.7 Å². The molecule has 0 atom stereocenters. The molecule has 2 heterocycles. The van der Waals surface area contributed by atoms with E-state index in [4.69, 9.17) is 11.6 Å². The molecule has 2 aromatic heterocycles. The average Bonchev–Trinajstić information content (AvgIpc) is 3.04. The third-order valence-electron chi connectivity index (χ3n) is 3.48. The van der Waals surface area contributed by atoms with Crippen molar-refractivity contribution >= 4 is 45.6 Å². The van der Waals surface area contributed by atoms with Gasteiger partial charge in [-0.1, -0.05) is 17.7 Å². The number of benzene rings is 1. The summed E-state index contributed by atoms with van der Waals surface area (Å²) in [5.41, 5.74) is 2.61. The minimum Gasteiger partial charge on any atom is -0.323 e. The summed E-state index contributed by atoms with van der Waals surface area (Å²) in [6.07, 6.45) is 2.07. The van der Waals surface area contributed by atoms with Gasteiger partial charge in [0, 0.05) is 16.7 Å². The van der Waals surface area contributed by atoms with Crippen LogP contribution in [0.4, 0.5) is 5.69 Å². The number of carbonyl (C=O) groups excluding carboxylic acids is 1. The summed E-state index contributed by atoms with van der Waals surface area (Å²) >= 11 is 7.52. The lowest BCUT2D eigenvalue weighted by molar-refractivity contribution is -0.116. The largest absolute Gasteiger partial charge is 0.323 e. The summed E-state index contributed by atoms with van der Waals surface area (Å²) in [6, 6.07) is 5.66. The van der Waals surface area contributed by atoms with Crippen LogP contribution in [0.15, 0.2) is 24.4 Å². The fraction of sp³-hybridized carbons (Fsp3) is 0.267. The van der Waals surface area contributed by atoms with Gasteiger partial charge in [0.25, 0.3) is 0 Å². The Morgan fingerprint density at radius 1 is 1.41 bits per heavy atom. The molecule has 0 aliphatic carbocycles. The predicted octanol–water partition coefficient (Wildman–Crippen LogP) is 3.79. The molecule has 0 bridgehead atoms. The van der Waals surface area contributed by atoms with E-state index >= 15 is 0 Å². The molecule has 0 saturated heterocycles. The second-order valence-corrected chi connectivity index (χ2v) is 6.42. The molecule has 7 heteroatoms. The Bertz CT molecular complexity index is 820. The van der Waals surface area contributed by atoms with Crippen molar-refractivity contribution in [2.24, 2.45) is 0 Å². The van der Waals surface area contributed by atoms with E-state index in [0.717, 1.165) is 27.2 Å². The summed E-state index contributed by atoms with van der Waals surface area (Å²) in [4.78, 5) is 13.1. The predicted molar refractivity (Wildman–Crippen MR) is 89.6 cm³/mol. The molecule has 3 aromatic rings. The molecule has 1 aromatic carbocycles. The fourth-order valence-electron chi connectivity index (χ4n) is 2.32. The van der Waals surface area contributed by atoms with Crippen LogP contribution in [0, 0.1) is 13.8 Å². The van der Waals surface area contributed by atoms with Crippen LogP contribution in [0.1, 0.15) is 17.0 Å². The van der Waals surface area contributed by atoms with E-state index in [-0.39, 0.29) is 5.91 Å². The van der Waals surface area contributed by atoms with E-state index < -0.39 is 0 Å². The Morgan fingerprint density at radius 2 is 2.23 bits per heavy atom. The number of nitrogens with zero attached hydrogens (tertiary/aromatic N) is 3. The first-order chi connectivity index (χ1) is 10.6. The fourth-order valence-corrected chi connectivity index (χ4v) is 3.19. The Labute approximate surface area is 137 Å². The molecular weight excluding hydrogens is 320 g/mol. The number of hydrogen-bond donors (Lipinski definition) is 1. The van der Waals surface area contributed by atoms with Gasteiger partial charge in [-0.15, -0.1) is 0 Å². The summed E-state index contributed by atoms with van der Waals surface area (Å²) in [5, 5.41) is 8.80. The van der Waals surface area contributed by atoms with Crippen molar-refractivity contribution in [3.63, 3.8) is 0 Å². The quantitative estimate of drug-likeness (QED) is 0.789. The number of rotatable bonds is 4. The maximum atomic E-state index is 12.1. The van der Waals surface area contributed by atoms with Crippen molar-refractivity contribution in [3.05, 3.63) is 40.0 Å². The van der Waals surface area contributed by atoms with Crippen molar-refractivity contribution in [2.75, 3.05) is 5.32 Å². The van der Waals surface area contributed by atoms with E-state index in [0.29, 0.717) is 18.0 Å². The number of amides is 1. The molecule has 0 fully saturated rings. The van der Waals surface area contributed by atoms with E-state index in [2.05, 4.69) is 14.8 Å². The molecule has 3 rings (SSSR count). The third kappa shape index (κ3) is 2.84. The maximum Gasteiger partial charge on any atom is 0.226 e. The normalized spacial score (nSPS) is 11.0. The van der Waals surface area contributed by atoms with Gasteiger partial charge in [-0.2, -0.15) is 9.47 Å². The number of aryl methyl sites for hydroxylation is 3. The monoisotopic (exact) mass is 334 g/mol. The van der Waals surface area contributed by atoms with E-state index in [1.165, 1.54) is 11.5 Å². The van der Waals surface area contributed by atoms with Gasteiger partial charge >= 0.3 is 0 Å². The first-order valence-electron chi connectivity index (χ1n) is 6.89. The first-order valence-corrected chi connectivity index (χ1v) is 8.04. The lowest BCUT2D eigenvalue weighted by atomic mass is 10.2. The lowest BCUT2D eigenvalue weighted by Crippen LogP contribution is -2.15. The molecular formula is C15H15ClN4OS. The molecule has 0 radical (unpaired) electrons. The number of carbonyl (C=O) groups is 1. The number of halogens is 1. The Morgan fingerprint density at radius 3 is 2.95 bits per heavy atom. The highest BCUT2D eigenvalue weighted by Gasteiger charge is 2.12. The minimum absolute atomic E-state index is 0.0444. The van der Waals surface area contributed by atoms with Crippen LogP contribution in [0.5, 0.6) is 0 Å². The van der Waals surface area contributed by atoms with Gasteiger partial charge in [0.1, 0.15) is 0 Å². The molecule has 22 heavy (non-hydrogen) atoms. The van der Waals surface area contributed by atoms with Gasteiger partial charge < -0.3 is 5.32 Å². The Kier molecular flexibility index (Phi) is 4.13. The van der Waals surface area contributed by atoms with Crippen molar-refractivity contribution < 1.29 is 4.79 Å². The van der Waals surface area contributed by atoms with E-state index in [1.54, 1.807) is 10.9 Å². The van der Waals surface area contributed by atoms with Crippen LogP contribution < -0.4 is 5.32 Å². The van der Waals surface area contributed by atoms with Crippen LogP contribution in [-0.2, 0) is 11.3 Å². The molecule has 1 N–H and O–H groups in total. The third-order valence-corrected chi connectivity index (χ3v) is 4.66. The molecule has 114 valence electrons. The smallest absolute Gasteiger partial charge is 0.226 e. The lowest BCUT2D eigenvalue weighted by Gasteiger charge is -2.06. The molecule has 0 saturated carbocycles. The van der Waals surface area contributed by atoms with Gasteiger partial charge in [-0.25, -0.2) is 0 Å². The number of nitrogens with one attached hydrogen (secondary N) is 1. The SMILES string of the molecule is Cc1nsc(C)c1NC(=O)CCn1ncc2c(Cl)cccc21. The van der Waals surface area contributed by atoms with Crippen LogP contribution >= 0.6 is 23.1 Å². The topological polar surface area (TPSA) is 59.8 Å².